The van der Waals surface area contributed by atoms with Gasteiger partial charge in [-0.15, -0.1) is 0 Å². The Bertz CT molecular complexity index is 854. The highest BCUT2D eigenvalue weighted by molar-refractivity contribution is 6.39. The lowest BCUT2D eigenvalue weighted by Gasteiger charge is -2.07. The summed E-state index contributed by atoms with van der Waals surface area (Å²) < 4.78 is 0. The summed E-state index contributed by atoms with van der Waals surface area (Å²) in [6, 6.07) is 10.2. The number of aromatic nitrogens is 2. The van der Waals surface area contributed by atoms with E-state index < -0.39 is 0 Å². The summed E-state index contributed by atoms with van der Waals surface area (Å²) in [5, 5.41) is 1.91. The Hall–Kier alpha value is -1.55. The van der Waals surface area contributed by atoms with Crippen molar-refractivity contribution in [3.8, 4) is 11.1 Å². The maximum absolute atomic E-state index is 12.2. The number of fused-ring (bicyclic) bond motifs is 1. The second-order valence-electron chi connectivity index (χ2n) is 4.18. The molecule has 20 heavy (non-hydrogen) atoms. The van der Waals surface area contributed by atoms with Crippen LogP contribution in [-0.2, 0) is 0 Å². The van der Waals surface area contributed by atoms with Gasteiger partial charge in [-0.3, -0.25) is 4.79 Å². The zero-order valence-electron chi connectivity index (χ0n) is 9.95. The summed E-state index contributed by atoms with van der Waals surface area (Å²) in [6.45, 7) is 0. The van der Waals surface area contributed by atoms with Gasteiger partial charge in [0.1, 0.15) is 10.8 Å². The van der Waals surface area contributed by atoms with Crippen LogP contribution in [0.15, 0.2) is 41.2 Å². The quantitative estimate of drug-likeness (QED) is 0.667. The fourth-order valence-corrected chi connectivity index (χ4v) is 2.75. The number of aromatic amines is 1. The highest BCUT2D eigenvalue weighted by Gasteiger charge is 2.13. The number of H-pyrrole nitrogens is 1. The van der Waals surface area contributed by atoms with Gasteiger partial charge in [0.05, 0.1) is 15.6 Å². The second-order valence-corrected chi connectivity index (χ2v) is 5.38. The molecule has 0 unspecified atom stereocenters. The predicted molar refractivity (Wildman–Crippen MR) is 82.8 cm³/mol. The molecule has 3 nitrogen and oxygen atoms in total. The second kappa shape index (κ2) is 5.09. The standard InChI is InChI=1S/C14H7Cl3N2O/c15-9-2-1-3-10(16)12(9)8-6-7-4-5-11(17)18-13(7)19-14(8)20/h1-6H,(H,18,19,20). The fraction of sp³-hybridized carbons (Fsp3) is 0. The number of hydrogen-bond acceptors (Lipinski definition) is 2. The molecule has 6 heteroatoms. The monoisotopic (exact) mass is 324 g/mol. The Balaban J connectivity index is 2.35. The Kier molecular flexibility index (Phi) is 3.42. The van der Waals surface area contributed by atoms with Gasteiger partial charge >= 0.3 is 0 Å². The molecule has 0 amide bonds. The zero-order chi connectivity index (χ0) is 14.3. The van der Waals surface area contributed by atoms with Crippen LogP contribution >= 0.6 is 34.8 Å². The van der Waals surface area contributed by atoms with Crippen LogP contribution in [0.4, 0.5) is 0 Å². The summed E-state index contributed by atoms with van der Waals surface area (Å²) in [5.74, 6) is 0. The first-order valence-corrected chi connectivity index (χ1v) is 6.83. The van der Waals surface area contributed by atoms with E-state index in [0.29, 0.717) is 32.0 Å². The number of halogens is 3. The van der Waals surface area contributed by atoms with Gasteiger partial charge in [0, 0.05) is 10.9 Å². The van der Waals surface area contributed by atoms with E-state index >= 15 is 0 Å². The minimum Gasteiger partial charge on any atom is -0.306 e. The van der Waals surface area contributed by atoms with Gasteiger partial charge in [-0.25, -0.2) is 4.98 Å². The number of rotatable bonds is 1. The van der Waals surface area contributed by atoms with Crippen LogP contribution in [0.1, 0.15) is 0 Å². The molecule has 0 aliphatic carbocycles. The lowest BCUT2D eigenvalue weighted by Crippen LogP contribution is -2.10. The summed E-state index contributed by atoms with van der Waals surface area (Å²) in [6.07, 6.45) is 0. The topological polar surface area (TPSA) is 45.8 Å². The van der Waals surface area contributed by atoms with Crippen molar-refractivity contribution in [3.05, 3.63) is 62.0 Å². The van der Waals surface area contributed by atoms with Gasteiger partial charge in [-0.2, -0.15) is 0 Å². The Morgan fingerprint density at radius 1 is 1.00 bits per heavy atom. The minimum atomic E-state index is -0.317. The molecule has 100 valence electrons. The molecule has 3 rings (SSSR count). The molecule has 0 saturated heterocycles. The minimum absolute atomic E-state index is 0.316. The lowest BCUT2D eigenvalue weighted by molar-refractivity contribution is 1.23. The smallest absolute Gasteiger partial charge is 0.257 e. The Morgan fingerprint density at radius 2 is 1.70 bits per heavy atom. The van der Waals surface area contributed by atoms with Crippen LogP contribution in [0.2, 0.25) is 15.2 Å². The highest BCUT2D eigenvalue weighted by Crippen LogP contribution is 2.33. The molecule has 0 aliphatic rings. The van der Waals surface area contributed by atoms with Crippen molar-refractivity contribution < 1.29 is 0 Å². The van der Waals surface area contributed by atoms with Gasteiger partial charge in [0.25, 0.3) is 5.56 Å². The molecule has 0 spiro atoms. The van der Waals surface area contributed by atoms with Gasteiger partial charge in [-0.1, -0.05) is 40.9 Å². The normalized spacial score (nSPS) is 10.9. The van der Waals surface area contributed by atoms with Crippen molar-refractivity contribution in [2.45, 2.75) is 0 Å². The molecule has 0 radical (unpaired) electrons. The van der Waals surface area contributed by atoms with Crippen LogP contribution in [-0.4, -0.2) is 9.97 Å². The summed E-state index contributed by atoms with van der Waals surface area (Å²) >= 11 is 18.1. The van der Waals surface area contributed by atoms with Crippen molar-refractivity contribution in [2.75, 3.05) is 0 Å². The molecule has 1 N–H and O–H groups in total. The van der Waals surface area contributed by atoms with Crippen molar-refractivity contribution >= 4 is 45.8 Å². The highest BCUT2D eigenvalue weighted by atomic mass is 35.5. The molecule has 0 bridgehead atoms. The largest absolute Gasteiger partial charge is 0.306 e. The molecule has 1 aromatic carbocycles. The number of nitrogens with one attached hydrogen (secondary N) is 1. The predicted octanol–water partition coefficient (Wildman–Crippen LogP) is 4.55. The van der Waals surface area contributed by atoms with Crippen LogP contribution in [0.25, 0.3) is 22.2 Å². The Labute approximate surface area is 129 Å². The van der Waals surface area contributed by atoms with E-state index in [1.807, 2.05) is 0 Å². The van der Waals surface area contributed by atoms with Crippen LogP contribution in [0.5, 0.6) is 0 Å². The third kappa shape index (κ3) is 2.29. The van der Waals surface area contributed by atoms with E-state index in [9.17, 15) is 4.79 Å². The van der Waals surface area contributed by atoms with E-state index in [2.05, 4.69) is 9.97 Å². The third-order valence-corrected chi connectivity index (χ3v) is 3.74. The van der Waals surface area contributed by atoms with Gasteiger partial charge in [0.15, 0.2) is 0 Å². The first-order valence-electron chi connectivity index (χ1n) is 5.70. The van der Waals surface area contributed by atoms with Crippen LogP contribution in [0.3, 0.4) is 0 Å². The van der Waals surface area contributed by atoms with Crippen LogP contribution < -0.4 is 5.56 Å². The zero-order valence-corrected chi connectivity index (χ0v) is 12.2. The number of pyridine rings is 2. The summed E-state index contributed by atoms with van der Waals surface area (Å²) in [5.41, 5.74) is 1.02. The SMILES string of the molecule is O=c1[nH]c2nc(Cl)ccc2cc1-c1c(Cl)cccc1Cl. The number of hydrogen-bond donors (Lipinski definition) is 1. The molecule has 2 heterocycles. The van der Waals surface area contributed by atoms with Crippen molar-refractivity contribution in [2.24, 2.45) is 0 Å². The van der Waals surface area contributed by atoms with Crippen molar-refractivity contribution in [1.82, 2.24) is 9.97 Å². The first-order chi connectivity index (χ1) is 9.56. The molecule has 0 aliphatic heterocycles. The fourth-order valence-electron chi connectivity index (χ4n) is 2.00. The van der Waals surface area contributed by atoms with Gasteiger partial charge in [0.2, 0.25) is 0 Å². The maximum Gasteiger partial charge on any atom is 0.257 e. The summed E-state index contributed by atoms with van der Waals surface area (Å²) in [4.78, 5) is 18.9. The maximum atomic E-state index is 12.2. The molecule has 0 atom stereocenters. The Morgan fingerprint density at radius 3 is 2.40 bits per heavy atom. The molecule has 0 saturated carbocycles. The molecular formula is C14H7Cl3N2O. The summed E-state index contributed by atoms with van der Waals surface area (Å²) in [7, 11) is 0. The van der Waals surface area contributed by atoms with Crippen molar-refractivity contribution in [3.63, 3.8) is 0 Å². The van der Waals surface area contributed by atoms with E-state index in [0.717, 1.165) is 5.39 Å². The average Bonchev–Trinajstić information content (AvgIpc) is 2.39. The van der Waals surface area contributed by atoms with Crippen LogP contribution in [0, 0.1) is 0 Å². The lowest BCUT2D eigenvalue weighted by atomic mass is 10.1. The van der Waals surface area contributed by atoms with Gasteiger partial charge in [-0.05, 0) is 30.3 Å². The van der Waals surface area contributed by atoms with E-state index in [4.69, 9.17) is 34.8 Å². The number of nitrogens with zero attached hydrogens (tertiary/aromatic N) is 1. The molecular weight excluding hydrogens is 319 g/mol. The molecule has 3 aromatic rings. The molecule has 2 aromatic heterocycles. The van der Waals surface area contributed by atoms with E-state index in [-0.39, 0.29) is 5.56 Å². The molecule has 0 fully saturated rings. The van der Waals surface area contributed by atoms with E-state index in [1.165, 1.54) is 0 Å². The van der Waals surface area contributed by atoms with Gasteiger partial charge < -0.3 is 4.98 Å². The average molecular weight is 326 g/mol. The third-order valence-electron chi connectivity index (χ3n) is 2.90. The van der Waals surface area contributed by atoms with E-state index in [1.54, 1.807) is 36.4 Å². The first kappa shape index (κ1) is 13.4. The number of benzene rings is 1. The van der Waals surface area contributed by atoms with Crippen molar-refractivity contribution in [1.29, 1.82) is 0 Å².